The van der Waals surface area contributed by atoms with Crippen molar-refractivity contribution in [1.82, 2.24) is 9.62 Å². The van der Waals surface area contributed by atoms with Gasteiger partial charge in [-0.05, 0) is 25.0 Å². The van der Waals surface area contributed by atoms with Crippen LogP contribution in [0.4, 0.5) is 0 Å². The molecule has 0 atom stereocenters. The first-order valence-electron chi connectivity index (χ1n) is 6.69. The number of sulfonamides is 1. The lowest BCUT2D eigenvalue weighted by atomic mass is 10.1. The summed E-state index contributed by atoms with van der Waals surface area (Å²) in [5.74, 6) is -2.37. The zero-order valence-corrected chi connectivity index (χ0v) is 12.8. The van der Waals surface area contributed by atoms with Crippen LogP contribution in [0.2, 0.25) is 0 Å². The Morgan fingerprint density at radius 2 is 1.68 bits per heavy atom. The number of phenolic OH excluding ortho intramolecular Hbond substituents is 3. The van der Waals surface area contributed by atoms with Crippen molar-refractivity contribution in [1.29, 1.82) is 0 Å². The maximum Gasteiger partial charge on any atom is 0.251 e. The predicted molar refractivity (Wildman–Crippen MR) is 78.3 cm³/mol. The molecule has 22 heavy (non-hydrogen) atoms. The van der Waals surface area contributed by atoms with Gasteiger partial charge in [-0.25, -0.2) is 12.7 Å². The molecule has 9 heteroatoms. The standard InChI is InChI=1S/C13H18N2O6S/c1-22(20,21)15-4-2-9(3-5-15)14-13(19)8-6-10(16)12(18)11(17)7-8/h6-7,9,16-18H,2-5H2,1H3,(H,14,19). The van der Waals surface area contributed by atoms with Gasteiger partial charge >= 0.3 is 0 Å². The molecule has 1 aliphatic heterocycles. The molecule has 0 unspecified atom stereocenters. The van der Waals surface area contributed by atoms with Gasteiger partial charge in [0.15, 0.2) is 17.2 Å². The number of amides is 1. The van der Waals surface area contributed by atoms with Crippen molar-refractivity contribution in [2.24, 2.45) is 0 Å². The minimum atomic E-state index is -3.22. The van der Waals surface area contributed by atoms with Gasteiger partial charge in [-0.2, -0.15) is 0 Å². The molecular formula is C13H18N2O6S. The van der Waals surface area contributed by atoms with Crippen molar-refractivity contribution in [2.75, 3.05) is 19.3 Å². The number of hydrogen-bond acceptors (Lipinski definition) is 6. The topological polar surface area (TPSA) is 127 Å². The zero-order valence-electron chi connectivity index (χ0n) is 12.0. The molecule has 1 aliphatic rings. The van der Waals surface area contributed by atoms with Gasteiger partial charge in [0, 0.05) is 24.7 Å². The highest BCUT2D eigenvalue weighted by molar-refractivity contribution is 7.88. The molecule has 4 N–H and O–H groups in total. The molecule has 0 aromatic heterocycles. The van der Waals surface area contributed by atoms with Crippen molar-refractivity contribution in [2.45, 2.75) is 18.9 Å². The first-order valence-corrected chi connectivity index (χ1v) is 8.54. The quantitative estimate of drug-likeness (QED) is 0.576. The van der Waals surface area contributed by atoms with Crippen LogP contribution in [0.5, 0.6) is 17.2 Å². The molecule has 0 radical (unpaired) electrons. The van der Waals surface area contributed by atoms with Crippen LogP contribution in [0.15, 0.2) is 12.1 Å². The number of carbonyl (C=O) groups is 1. The summed E-state index contributed by atoms with van der Waals surface area (Å²) in [6.07, 6.45) is 2.11. The van der Waals surface area contributed by atoms with Gasteiger partial charge in [0.25, 0.3) is 5.91 Å². The van der Waals surface area contributed by atoms with Gasteiger partial charge < -0.3 is 20.6 Å². The number of piperidine rings is 1. The van der Waals surface area contributed by atoms with Crippen LogP contribution in [-0.2, 0) is 10.0 Å². The van der Waals surface area contributed by atoms with Gasteiger partial charge in [0.2, 0.25) is 10.0 Å². The summed E-state index contributed by atoms with van der Waals surface area (Å²) in [5.41, 5.74) is 0.0124. The predicted octanol–water partition coefficient (Wildman–Crippen LogP) is -0.0428. The average molecular weight is 330 g/mol. The molecule has 122 valence electrons. The number of nitrogens with one attached hydrogen (secondary N) is 1. The highest BCUT2D eigenvalue weighted by atomic mass is 32.2. The molecule has 1 saturated heterocycles. The molecule has 0 saturated carbocycles. The third-order valence-electron chi connectivity index (χ3n) is 3.59. The monoisotopic (exact) mass is 330 g/mol. The summed E-state index contributed by atoms with van der Waals surface area (Å²) in [6.45, 7) is 0.658. The second-order valence-corrected chi connectivity index (χ2v) is 7.26. The van der Waals surface area contributed by atoms with Gasteiger partial charge in [-0.3, -0.25) is 4.79 Å². The Hall–Kier alpha value is -2.00. The summed E-state index contributed by atoms with van der Waals surface area (Å²) in [7, 11) is -3.22. The molecule has 1 aromatic rings. The van der Waals surface area contributed by atoms with E-state index in [0.717, 1.165) is 18.4 Å². The lowest BCUT2D eigenvalue weighted by molar-refractivity contribution is 0.0923. The number of phenols is 3. The van der Waals surface area contributed by atoms with E-state index in [2.05, 4.69) is 5.32 Å². The Kier molecular flexibility index (Phi) is 4.47. The highest BCUT2D eigenvalue weighted by Crippen LogP contribution is 2.35. The van der Waals surface area contributed by atoms with Crippen LogP contribution in [0.3, 0.4) is 0 Å². The summed E-state index contributed by atoms with van der Waals surface area (Å²) < 4.78 is 24.2. The van der Waals surface area contributed by atoms with E-state index in [-0.39, 0.29) is 11.6 Å². The van der Waals surface area contributed by atoms with Crippen LogP contribution < -0.4 is 5.32 Å². The molecule has 8 nitrogen and oxygen atoms in total. The number of carbonyl (C=O) groups excluding carboxylic acids is 1. The van der Waals surface area contributed by atoms with E-state index in [1.54, 1.807) is 0 Å². The summed E-state index contributed by atoms with van der Waals surface area (Å²) in [5, 5.41) is 30.8. The molecule has 2 rings (SSSR count). The average Bonchev–Trinajstić information content (AvgIpc) is 2.43. The zero-order chi connectivity index (χ0) is 16.5. The number of benzene rings is 1. The smallest absolute Gasteiger partial charge is 0.251 e. The first kappa shape index (κ1) is 16.4. The van der Waals surface area contributed by atoms with E-state index in [4.69, 9.17) is 0 Å². The third kappa shape index (κ3) is 3.60. The maximum absolute atomic E-state index is 12.1. The normalized spacial score (nSPS) is 17.3. The molecule has 0 bridgehead atoms. The minimum Gasteiger partial charge on any atom is -0.504 e. The highest BCUT2D eigenvalue weighted by Gasteiger charge is 2.26. The first-order chi connectivity index (χ1) is 10.2. The van der Waals surface area contributed by atoms with E-state index in [9.17, 15) is 28.5 Å². The Morgan fingerprint density at radius 3 is 2.14 bits per heavy atom. The summed E-state index contributed by atoms with van der Waals surface area (Å²) in [4.78, 5) is 12.1. The fraction of sp³-hybridized carbons (Fsp3) is 0.462. The van der Waals surface area contributed by atoms with Gasteiger partial charge in [-0.15, -0.1) is 0 Å². The second-order valence-electron chi connectivity index (χ2n) is 5.27. The minimum absolute atomic E-state index is 0.0124. The van der Waals surface area contributed by atoms with E-state index in [1.165, 1.54) is 4.31 Å². The molecule has 1 heterocycles. The van der Waals surface area contributed by atoms with Crippen molar-refractivity contribution in [3.05, 3.63) is 17.7 Å². The number of hydrogen-bond donors (Lipinski definition) is 4. The van der Waals surface area contributed by atoms with Crippen LogP contribution in [0, 0.1) is 0 Å². The number of nitrogens with zero attached hydrogens (tertiary/aromatic N) is 1. The third-order valence-corrected chi connectivity index (χ3v) is 4.89. The Bertz CT molecular complexity index is 657. The molecule has 0 aliphatic carbocycles. The largest absolute Gasteiger partial charge is 0.504 e. The summed E-state index contributed by atoms with van der Waals surface area (Å²) >= 11 is 0. The number of rotatable bonds is 3. The Morgan fingerprint density at radius 1 is 1.18 bits per heavy atom. The van der Waals surface area contributed by atoms with Crippen molar-refractivity contribution in [3.8, 4) is 17.2 Å². The molecular weight excluding hydrogens is 312 g/mol. The second kappa shape index (κ2) is 6.01. The van der Waals surface area contributed by atoms with E-state index >= 15 is 0 Å². The van der Waals surface area contributed by atoms with Crippen molar-refractivity contribution < 1.29 is 28.5 Å². The molecule has 1 aromatic carbocycles. The Balaban J connectivity index is 1.99. The molecule has 0 spiro atoms. The fourth-order valence-corrected chi connectivity index (χ4v) is 3.21. The Labute approximate surface area is 128 Å². The maximum atomic E-state index is 12.1. The van der Waals surface area contributed by atoms with E-state index in [0.29, 0.717) is 25.9 Å². The van der Waals surface area contributed by atoms with E-state index in [1.807, 2.05) is 0 Å². The SMILES string of the molecule is CS(=O)(=O)N1CCC(NC(=O)c2cc(O)c(O)c(O)c2)CC1. The van der Waals surface area contributed by atoms with Gasteiger partial charge in [-0.1, -0.05) is 0 Å². The van der Waals surface area contributed by atoms with Crippen molar-refractivity contribution in [3.63, 3.8) is 0 Å². The van der Waals surface area contributed by atoms with Crippen LogP contribution in [0.1, 0.15) is 23.2 Å². The van der Waals surface area contributed by atoms with E-state index < -0.39 is 33.2 Å². The molecule has 1 amide bonds. The van der Waals surface area contributed by atoms with Crippen LogP contribution >= 0.6 is 0 Å². The van der Waals surface area contributed by atoms with Crippen molar-refractivity contribution >= 4 is 15.9 Å². The van der Waals surface area contributed by atoms with Gasteiger partial charge in [0.05, 0.1) is 6.26 Å². The van der Waals surface area contributed by atoms with Gasteiger partial charge in [0.1, 0.15) is 0 Å². The lowest BCUT2D eigenvalue weighted by Gasteiger charge is -2.30. The summed E-state index contributed by atoms with van der Waals surface area (Å²) in [6, 6.07) is 1.91. The number of aromatic hydroxyl groups is 3. The molecule has 1 fully saturated rings. The van der Waals surface area contributed by atoms with Crippen LogP contribution in [-0.4, -0.2) is 59.3 Å². The van der Waals surface area contributed by atoms with Crippen LogP contribution in [0.25, 0.3) is 0 Å². The lowest BCUT2D eigenvalue weighted by Crippen LogP contribution is -2.46. The fourth-order valence-electron chi connectivity index (χ4n) is 2.34.